The number of hydrogen-bond acceptors (Lipinski definition) is 6. The molecule has 0 aliphatic rings. The maximum absolute atomic E-state index is 8.83. The Bertz CT molecular complexity index is 1010. The molecule has 6 nitrogen and oxygen atoms in total. The number of hydrogen-bond donors (Lipinski definition) is 2. The number of nitrogens with zero attached hydrogens (tertiary/aromatic N) is 4. The van der Waals surface area contributed by atoms with Crippen molar-refractivity contribution in [3.63, 3.8) is 0 Å². The molecule has 0 saturated heterocycles. The van der Waals surface area contributed by atoms with Gasteiger partial charge in [-0.3, -0.25) is 9.89 Å². The highest BCUT2D eigenvalue weighted by Gasteiger charge is 2.17. The van der Waals surface area contributed by atoms with E-state index in [1.807, 2.05) is 85.7 Å². The Morgan fingerprint density at radius 3 is 2.36 bits per heavy atom. The van der Waals surface area contributed by atoms with Crippen LogP contribution in [0.25, 0.3) is 0 Å². The van der Waals surface area contributed by atoms with E-state index in [4.69, 9.17) is 21.8 Å². The minimum absolute atomic E-state index is 0.156. The summed E-state index contributed by atoms with van der Waals surface area (Å²) in [6.45, 7) is 4.77. The molecular weight excluding hydrogens is 434 g/mol. The van der Waals surface area contributed by atoms with Gasteiger partial charge in [-0.25, -0.2) is 15.4 Å². The molecule has 174 valence electrons. The highest BCUT2D eigenvalue weighted by molar-refractivity contribution is 6.33. The van der Waals surface area contributed by atoms with Gasteiger partial charge in [-0.2, -0.15) is 0 Å². The van der Waals surface area contributed by atoms with Crippen LogP contribution in [0.5, 0.6) is 0 Å². The van der Waals surface area contributed by atoms with Crippen LogP contribution in [0, 0.1) is 0 Å². The molecule has 0 fully saturated rings. The van der Waals surface area contributed by atoms with Gasteiger partial charge in [0.1, 0.15) is 0 Å². The van der Waals surface area contributed by atoms with Crippen molar-refractivity contribution in [3.8, 4) is 0 Å². The summed E-state index contributed by atoms with van der Waals surface area (Å²) in [5.74, 6) is 0.553. The number of hydroxylamine groups is 1. The van der Waals surface area contributed by atoms with Gasteiger partial charge in [-0.05, 0) is 51.0 Å². The predicted molar refractivity (Wildman–Crippen MR) is 136 cm³/mol. The Morgan fingerprint density at radius 2 is 1.67 bits per heavy atom. The summed E-state index contributed by atoms with van der Waals surface area (Å²) in [6, 6.07) is 17.8. The zero-order valence-corrected chi connectivity index (χ0v) is 20.0. The second kappa shape index (κ2) is 13.0. The number of para-hydroxylation sites is 2. The van der Waals surface area contributed by atoms with E-state index < -0.39 is 0 Å². The molecule has 0 radical (unpaired) electrons. The smallest absolute Gasteiger partial charge is 0.234 e. The maximum atomic E-state index is 8.83. The van der Waals surface area contributed by atoms with Crippen LogP contribution in [0.1, 0.15) is 51.5 Å². The van der Waals surface area contributed by atoms with Crippen molar-refractivity contribution in [2.24, 2.45) is 4.99 Å². The lowest BCUT2D eigenvalue weighted by Crippen LogP contribution is -2.21. The van der Waals surface area contributed by atoms with Gasteiger partial charge in [0.25, 0.3) is 0 Å². The van der Waals surface area contributed by atoms with Crippen LogP contribution in [0.15, 0.2) is 72.0 Å². The van der Waals surface area contributed by atoms with E-state index in [0.29, 0.717) is 11.0 Å². The van der Waals surface area contributed by atoms with E-state index in [1.54, 1.807) is 0 Å². The van der Waals surface area contributed by atoms with Crippen molar-refractivity contribution in [2.45, 2.75) is 52.0 Å². The molecule has 3 aromatic rings. The molecule has 1 heterocycles. The van der Waals surface area contributed by atoms with Crippen LogP contribution in [-0.2, 0) is 0 Å². The minimum atomic E-state index is 0.156. The first-order valence-electron chi connectivity index (χ1n) is 11.4. The van der Waals surface area contributed by atoms with Crippen LogP contribution >= 0.6 is 11.6 Å². The van der Waals surface area contributed by atoms with Gasteiger partial charge < -0.3 is 5.21 Å². The van der Waals surface area contributed by atoms with E-state index >= 15 is 0 Å². The summed E-state index contributed by atoms with van der Waals surface area (Å²) in [7, 11) is 0. The standard InChI is InChI=1S/C26H32ClN5O/c1-20(31-33)12-6-3-4-11-17-28-21(2)22-18-29-26(30-19-22)32(23-13-7-5-8-14-23)25-16-10-9-15-24(25)27/h5,7-10,13-16,18-20,31,33H,3-4,6,11-12,17H2,1-2H3. The Balaban J connectivity index is 1.65. The van der Waals surface area contributed by atoms with Gasteiger partial charge in [-0.15, -0.1) is 0 Å². The fourth-order valence-electron chi connectivity index (χ4n) is 3.51. The summed E-state index contributed by atoms with van der Waals surface area (Å²) in [5, 5.41) is 9.47. The fraction of sp³-hybridized carbons (Fsp3) is 0.346. The second-order valence-electron chi connectivity index (χ2n) is 8.09. The summed E-state index contributed by atoms with van der Waals surface area (Å²) in [5.41, 5.74) is 5.90. The molecule has 0 saturated carbocycles. The molecule has 33 heavy (non-hydrogen) atoms. The van der Waals surface area contributed by atoms with Crippen molar-refractivity contribution in [1.82, 2.24) is 15.4 Å². The lowest BCUT2D eigenvalue weighted by molar-refractivity contribution is 0.127. The summed E-state index contributed by atoms with van der Waals surface area (Å²) < 4.78 is 0. The first kappa shape index (κ1) is 24.8. The average molecular weight is 466 g/mol. The van der Waals surface area contributed by atoms with Crippen LogP contribution in [0.2, 0.25) is 5.02 Å². The molecule has 7 heteroatoms. The van der Waals surface area contributed by atoms with Crippen molar-refractivity contribution in [2.75, 3.05) is 11.4 Å². The second-order valence-corrected chi connectivity index (χ2v) is 8.50. The number of anilines is 3. The molecule has 2 aromatic carbocycles. The Hall–Kier alpha value is -2.80. The molecule has 0 aliphatic heterocycles. The quantitative estimate of drug-likeness (QED) is 0.176. The highest BCUT2D eigenvalue weighted by atomic mass is 35.5. The molecule has 0 spiro atoms. The fourth-order valence-corrected chi connectivity index (χ4v) is 3.73. The monoisotopic (exact) mass is 465 g/mol. The molecule has 0 bridgehead atoms. The molecule has 2 N–H and O–H groups in total. The van der Waals surface area contributed by atoms with Crippen molar-refractivity contribution >= 4 is 34.6 Å². The summed E-state index contributed by atoms with van der Waals surface area (Å²) in [4.78, 5) is 15.9. The SMILES string of the molecule is CC(=NCCCCCCC(C)NO)c1cnc(N(c2ccccc2)c2ccccc2Cl)nc1. The number of aliphatic imine (C=N–C) groups is 1. The van der Waals surface area contributed by atoms with Crippen LogP contribution < -0.4 is 10.4 Å². The average Bonchev–Trinajstić information content (AvgIpc) is 2.85. The summed E-state index contributed by atoms with van der Waals surface area (Å²) in [6.07, 6.45) is 9.05. The van der Waals surface area contributed by atoms with Gasteiger partial charge in [0.15, 0.2) is 0 Å². The van der Waals surface area contributed by atoms with Crippen molar-refractivity contribution < 1.29 is 5.21 Å². The summed E-state index contributed by atoms with van der Waals surface area (Å²) >= 11 is 6.50. The van der Waals surface area contributed by atoms with E-state index in [0.717, 1.165) is 61.3 Å². The largest absolute Gasteiger partial charge is 0.317 e. The number of benzene rings is 2. The zero-order valence-electron chi connectivity index (χ0n) is 19.3. The van der Waals surface area contributed by atoms with Gasteiger partial charge in [0, 0.05) is 41.9 Å². The van der Waals surface area contributed by atoms with E-state index in [-0.39, 0.29) is 6.04 Å². The predicted octanol–water partition coefficient (Wildman–Crippen LogP) is 6.73. The molecule has 1 atom stereocenters. The topological polar surface area (TPSA) is 73.6 Å². The number of aromatic nitrogens is 2. The first-order chi connectivity index (χ1) is 16.1. The van der Waals surface area contributed by atoms with E-state index in [1.165, 1.54) is 0 Å². The van der Waals surface area contributed by atoms with Gasteiger partial charge in [-0.1, -0.05) is 61.2 Å². The lowest BCUT2D eigenvalue weighted by Gasteiger charge is -2.24. The van der Waals surface area contributed by atoms with Crippen LogP contribution in [0.3, 0.4) is 0 Å². The van der Waals surface area contributed by atoms with E-state index in [2.05, 4.69) is 15.4 Å². The maximum Gasteiger partial charge on any atom is 0.234 e. The first-order valence-corrected chi connectivity index (χ1v) is 11.8. The van der Waals surface area contributed by atoms with Gasteiger partial charge >= 0.3 is 0 Å². The number of rotatable bonds is 12. The molecule has 3 rings (SSSR count). The zero-order chi connectivity index (χ0) is 23.5. The van der Waals surface area contributed by atoms with Crippen molar-refractivity contribution in [3.05, 3.63) is 77.6 Å². The lowest BCUT2D eigenvalue weighted by atomic mass is 10.1. The van der Waals surface area contributed by atoms with Crippen LogP contribution in [-0.4, -0.2) is 33.5 Å². The molecule has 1 aromatic heterocycles. The number of unbranched alkanes of at least 4 members (excludes halogenated alkanes) is 3. The third-order valence-corrected chi connectivity index (χ3v) is 5.80. The Labute approximate surface area is 201 Å². The molecule has 0 aliphatic carbocycles. The van der Waals surface area contributed by atoms with E-state index in [9.17, 15) is 0 Å². The molecule has 0 amide bonds. The molecular formula is C26H32ClN5O. The Kier molecular flexibility index (Phi) is 9.81. The Morgan fingerprint density at radius 1 is 1.00 bits per heavy atom. The minimum Gasteiger partial charge on any atom is -0.317 e. The van der Waals surface area contributed by atoms with Gasteiger partial charge in [0.05, 0.1) is 10.7 Å². The number of nitrogens with one attached hydrogen (secondary N) is 1. The van der Waals surface area contributed by atoms with Crippen molar-refractivity contribution in [1.29, 1.82) is 0 Å². The normalized spacial score (nSPS) is 12.5. The van der Waals surface area contributed by atoms with Gasteiger partial charge in [0.2, 0.25) is 5.95 Å². The highest BCUT2D eigenvalue weighted by Crippen LogP contribution is 2.36. The molecule has 1 unspecified atom stereocenters. The third kappa shape index (κ3) is 7.35. The third-order valence-electron chi connectivity index (χ3n) is 5.48. The number of halogens is 1. The van der Waals surface area contributed by atoms with Crippen LogP contribution in [0.4, 0.5) is 17.3 Å².